The minimum atomic E-state index is -5.08. The molecule has 1 aliphatic carbocycles. The van der Waals surface area contributed by atoms with E-state index in [1.165, 1.54) is 5.56 Å². The zero-order valence-corrected chi connectivity index (χ0v) is 14.9. The Morgan fingerprint density at radius 3 is 2.56 bits per heavy atom. The van der Waals surface area contributed by atoms with Gasteiger partial charge in [-0.15, -0.1) is 0 Å². The quantitative estimate of drug-likeness (QED) is 0.730. The van der Waals surface area contributed by atoms with Gasteiger partial charge < -0.3 is 20.1 Å². The zero-order chi connectivity index (χ0) is 20.2. The summed E-state index contributed by atoms with van der Waals surface area (Å²) in [5.41, 5.74) is 2.25. The third-order valence-electron chi connectivity index (χ3n) is 4.74. The van der Waals surface area contributed by atoms with Gasteiger partial charge in [-0.1, -0.05) is 19.1 Å². The van der Waals surface area contributed by atoms with Crippen molar-refractivity contribution in [1.82, 2.24) is 4.90 Å². The number of morpholine rings is 1. The van der Waals surface area contributed by atoms with Gasteiger partial charge in [-0.3, -0.25) is 4.90 Å². The molecule has 0 amide bonds. The molecule has 27 heavy (non-hydrogen) atoms. The molecule has 1 aromatic rings. The van der Waals surface area contributed by atoms with Crippen LogP contribution >= 0.6 is 0 Å². The predicted molar refractivity (Wildman–Crippen MR) is 90.6 cm³/mol. The van der Waals surface area contributed by atoms with Crippen molar-refractivity contribution < 1.29 is 38.0 Å². The van der Waals surface area contributed by atoms with Gasteiger partial charge in [0.15, 0.2) is 0 Å². The van der Waals surface area contributed by atoms with E-state index >= 15 is 0 Å². The van der Waals surface area contributed by atoms with Gasteiger partial charge in [-0.2, -0.15) is 13.2 Å². The third-order valence-corrected chi connectivity index (χ3v) is 4.74. The van der Waals surface area contributed by atoms with Crippen LogP contribution in [0.1, 0.15) is 24.5 Å². The highest BCUT2D eigenvalue weighted by molar-refractivity contribution is 5.73. The van der Waals surface area contributed by atoms with Gasteiger partial charge >= 0.3 is 12.1 Å². The molecule has 152 valence electrons. The van der Waals surface area contributed by atoms with Crippen molar-refractivity contribution >= 4 is 5.97 Å². The van der Waals surface area contributed by atoms with Gasteiger partial charge in [0, 0.05) is 19.0 Å². The largest absolute Gasteiger partial charge is 0.508 e. The van der Waals surface area contributed by atoms with Gasteiger partial charge in [-0.05, 0) is 36.6 Å². The summed E-state index contributed by atoms with van der Waals surface area (Å²) in [6.07, 6.45) is -2.34. The second-order valence-electron chi connectivity index (χ2n) is 6.67. The molecule has 0 unspecified atom stereocenters. The number of halogens is 3. The van der Waals surface area contributed by atoms with E-state index in [1.54, 1.807) is 6.07 Å². The number of aliphatic carboxylic acids is 1. The molecule has 0 bridgehead atoms. The average Bonchev–Trinajstić information content (AvgIpc) is 2.61. The summed E-state index contributed by atoms with van der Waals surface area (Å²) in [6, 6.07) is 6.13. The number of nitrogens with zero attached hydrogens (tertiary/aromatic N) is 1. The van der Waals surface area contributed by atoms with E-state index in [-0.39, 0.29) is 18.8 Å². The van der Waals surface area contributed by atoms with E-state index in [4.69, 9.17) is 14.6 Å². The molecule has 3 N–H and O–H groups in total. The highest BCUT2D eigenvalue weighted by atomic mass is 19.4. The van der Waals surface area contributed by atoms with Crippen molar-refractivity contribution in [1.29, 1.82) is 0 Å². The first-order valence-corrected chi connectivity index (χ1v) is 8.77. The van der Waals surface area contributed by atoms with Crippen molar-refractivity contribution in [2.75, 3.05) is 19.7 Å². The van der Waals surface area contributed by atoms with Crippen molar-refractivity contribution in [2.45, 2.75) is 50.6 Å². The second-order valence-corrected chi connectivity index (χ2v) is 6.67. The summed E-state index contributed by atoms with van der Waals surface area (Å²) in [4.78, 5) is 11.3. The smallest absolute Gasteiger partial charge is 0.490 e. The highest BCUT2D eigenvalue weighted by Crippen LogP contribution is 2.34. The van der Waals surface area contributed by atoms with Crippen LogP contribution in [0.5, 0.6) is 5.75 Å². The number of hydrogen-bond acceptors (Lipinski definition) is 5. The van der Waals surface area contributed by atoms with Crippen molar-refractivity contribution in [3.8, 4) is 5.75 Å². The summed E-state index contributed by atoms with van der Waals surface area (Å²) < 4.78 is 37.8. The Bertz CT molecular complexity index is 652. The van der Waals surface area contributed by atoms with E-state index in [9.17, 15) is 23.4 Å². The number of fused-ring (bicyclic) bond motifs is 2. The van der Waals surface area contributed by atoms with Crippen LogP contribution in [-0.4, -0.2) is 70.3 Å². The first-order valence-electron chi connectivity index (χ1n) is 8.77. The van der Waals surface area contributed by atoms with Crippen LogP contribution in [0.2, 0.25) is 0 Å². The van der Waals surface area contributed by atoms with E-state index < -0.39 is 12.1 Å². The van der Waals surface area contributed by atoms with Crippen molar-refractivity contribution in [2.24, 2.45) is 0 Å². The number of hydrogen-bond donors (Lipinski definition) is 3. The summed E-state index contributed by atoms with van der Waals surface area (Å²) >= 11 is 0. The Kier molecular flexibility index (Phi) is 7.07. The SMILES string of the molecule is CCCN1C[C@H](CO)O[C@H]2Cc3c(O)cccc3C[C@@H]21.O=C(O)C(F)(F)F. The summed E-state index contributed by atoms with van der Waals surface area (Å²) in [6.45, 7) is 4.09. The van der Waals surface area contributed by atoms with Crippen LogP contribution in [-0.2, 0) is 22.4 Å². The monoisotopic (exact) mass is 391 g/mol. The molecule has 2 aliphatic rings. The number of alkyl halides is 3. The number of carboxylic acids is 1. The van der Waals surface area contributed by atoms with Gasteiger partial charge in [-0.25, -0.2) is 4.79 Å². The number of ether oxygens (including phenoxy) is 1. The lowest BCUT2D eigenvalue weighted by molar-refractivity contribution is -0.192. The van der Waals surface area contributed by atoms with Crippen molar-refractivity contribution in [3.05, 3.63) is 29.3 Å². The van der Waals surface area contributed by atoms with Gasteiger partial charge in [0.05, 0.1) is 18.8 Å². The summed E-state index contributed by atoms with van der Waals surface area (Å²) in [5, 5.41) is 26.6. The molecule has 3 atom stereocenters. The number of aromatic hydroxyl groups is 1. The lowest BCUT2D eigenvalue weighted by Crippen LogP contribution is -2.58. The maximum atomic E-state index is 10.6. The molecule has 1 aliphatic heterocycles. The van der Waals surface area contributed by atoms with E-state index in [2.05, 4.69) is 17.9 Å². The fraction of sp³-hybridized carbons (Fsp3) is 0.611. The molecule has 0 radical (unpaired) electrons. The molecular formula is C18H24F3NO5. The third kappa shape index (κ3) is 5.33. The first kappa shape index (κ1) is 21.5. The molecule has 1 saturated heterocycles. The Morgan fingerprint density at radius 2 is 2.00 bits per heavy atom. The number of aliphatic hydroxyl groups excluding tert-OH is 1. The fourth-order valence-corrected chi connectivity index (χ4v) is 3.58. The second kappa shape index (κ2) is 8.90. The average molecular weight is 391 g/mol. The number of benzene rings is 1. The minimum Gasteiger partial charge on any atom is -0.508 e. The number of phenolic OH excluding ortho intramolecular Hbond substituents is 1. The Labute approximate surface area is 155 Å². The molecule has 0 saturated carbocycles. The molecule has 9 heteroatoms. The van der Waals surface area contributed by atoms with Crippen LogP contribution in [0.25, 0.3) is 0 Å². The Balaban J connectivity index is 0.000000321. The maximum Gasteiger partial charge on any atom is 0.490 e. The maximum absolute atomic E-state index is 10.6. The number of rotatable bonds is 3. The summed E-state index contributed by atoms with van der Waals surface area (Å²) in [5.74, 6) is -2.38. The molecule has 0 aromatic heterocycles. The lowest BCUT2D eigenvalue weighted by atomic mass is 9.83. The highest BCUT2D eigenvalue weighted by Gasteiger charge is 2.40. The van der Waals surface area contributed by atoms with E-state index in [1.807, 2.05) is 6.07 Å². The zero-order valence-electron chi connectivity index (χ0n) is 14.9. The van der Waals surface area contributed by atoms with E-state index in [0.717, 1.165) is 37.9 Å². The van der Waals surface area contributed by atoms with Gasteiger partial charge in [0.2, 0.25) is 0 Å². The number of aliphatic hydroxyl groups is 1. The van der Waals surface area contributed by atoms with Crippen LogP contribution in [0, 0.1) is 0 Å². The molecule has 6 nitrogen and oxygen atoms in total. The Hall–Kier alpha value is -1.84. The normalized spacial score (nSPS) is 25.0. The lowest BCUT2D eigenvalue weighted by Gasteiger charge is -2.47. The van der Waals surface area contributed by atoms with Crippen LogP contribution < -0.4 is 0 Å². The topological polar surface area (TPSA) is 90.2 Å². The van der Waals surface area contributed by atoms with Gasteiger partial charge in [0.25, 0.3) is 0 Å². The molecule has 0 spiro atoms. The van der Waals surface area contributed by atoms with Gasteiger partial charge in [0.1, 0.15) is 5.75 Å². The number of carbonyl (C=O) groups is 1. The molecule has 3 rings (SSSR count). The molecular weight excluding hydrogens is 367 g/mol. The number of carboxylic acid groups (broad SMARTS) is 1. The fourth-order valence-electron chi connectivity index (χ4n) is 3.58. The Morgan fingerprint density at radius 1 is 1.33 bits per heavy atom. The van der Waals surface area contributed by atoms with Crippen LogP contribution in [0.4, 0.5) is 13.2 Å². The minimum absolute atomic E-state index is 0.0665. The molecule has 1 fully saturated rings. The van der Waals surface area contributed by atoms with Crippen molar-refractivity contribution in [3.63, 3.8) is 0 Å². The van der Waals surface area contributed by atoms with E-state index in [0.29, 0.717) is 11.8 Å². The molecule has 1 aromatic carbocycles. The predicted octanol–water partition coefficient (Wildman–Crippen LogP) is 1.96. The van der Waals surface area contributed by atoms with Crippen LogP contribution in [0.3, 0.4) is 0 Å². The molecule has 1 heterocycles. The van der Waals surface area contributed by atoms with Crippen LogP contribution in [0.15, 0.2) is 18.2 Å². The first-order chi connectivity index (χ1) is 12.7. The standard InChI is InChI=1S/C16H23NO3.C2HF3O2/c1-2-6-17-9-12(10-18)20-16-8-13-11(7-14(16)17)4-3-5-15(13)19;3-2(4,5)1(6)7/h3-5,12,14,16,18-19H,2,6-10H2,1H3;(H,6,7)/t12-,14+,16+;/m1./s1. The summed E-state index contributed by atoms with van der Waals surface area (Å²) in [7, 11) is 0. The number of phenols is 1.